The Morgan fingerprint density at radius 2 is 1.72 bits per heavy atom. The molecule has 4 heterocycles. The Bertz CT molecular complexity index is 1260. The number of hydrogen-bond acceptors (Lipinski definition) is 7. The van der Waals surface area contributed by atoms with E-state index in [-0.39, 0.29) is 5.82 Å². The van der Waals surface area contributed by atoms with Gasteiger partial charge in [-0.15, -0.1) is 0 Å². The van der Waals surface area contributed by atoms with E-state index in [1.54, 1.807) is 24.3 Å². The third-order valence-electron chi connectivity index (χ3n) is 8.32. The number of anilines is 2. The van der Waals surface area contributed by atoms with Gasteiger partial charge < -0.3 is 15.0 Å². The number of imidazole rings is 1. The number of fused-ring (bicyclic) bond motifs is 1. The van der Waals surface area contributed by atoms with E-state index in [0.29, 0.717) is 86.4 Å². The number of para-hydroxylation sites is 2. The van der Waals surface area contributed by atoms with Gasteiger partial charge in [-0.05, 0) is 63.1 Å². The van der Waals surface area contributed by atoms with E-state index in [2.05, 4.69) is 20.1 Å². The maximum absolute atomic E-state index is 14.1. The number of alkyl halides is 3. The van der Waals surface area contributed by atoms with Gasteiger partial charge >= 0.3 is 0 Å². The van der Waals surface area contributed by atoms with Gasteiger partial charge in [0, 0.05) is 38.3 Å². The van der Waals surface area contributed by atoms with E-state index < -0.39 is 12.6 Å². The van der Waals surface area contributed by atoms with Crippen LogP contribution in [0.2, 0.25) is 0 Å². The first-order chi connectivity index (χ1) is 19.0. The van der Waals surface area contributed by atoms with Crippen molar-refractivity contribution < 1.29 is 17.9 Å². The molecule has 2 aliphatic heterocycles. The molecule has 1 unspecified atom stereocenters. The van der Waals surface area contributed by atoms with Crippen molar-refractivity contribution in [2.24, 2.45) is 5.92 Å². The van der Waals surface area contributed by atoms with Gasteiger partial charge in [0.25, 0.3) is 6.43 Å². The minimum atomic E-state index is -2.75. The molecule has 39 heavy (non-hydrogen) atoms. The highest BCUT2D eigenvalue weighted by molar-refractivity contribution is 5.78. The van der Waals surface area contributed by atoms with Crippen molar-refractivity contribution >= 4 is 22.8 Å². The van der Waals surface area contributed by atoms with Crippen LogP contribution in [0.4, 0.5) is 24.9 Å². The number of nitrogens with one attached hydrogen (secondary N) is 1. The minimum Gasteiger partial charge on any atom is -0.378 e. The molecule has 3 aliphatic rings. The van der Waals surface area contributed by atoms with Gasteiger partial charge in [-0.1, -0.05) is 12.1 Å². The molecule has 1 saturated carbocycles. The molecule has 2 aromatic heterocycles. The van der Waals surface area contributed by atoms with Gasteiger partial charge in [0.15, 0.2) is 5.82 Å². The van der Waals surface area contributed by atoms with Crippen LogP contribution in [0.3, 0.4) is 0 Å². The fraction of sp³-hybridized carbons (Fsp3) is 0.607. The summed E-state index contributed by atoms with van der Waals surface area (Å²) >= 11 is 0. The number of likely N-dealkylation sites (tertiary alicyclic amines) is 1. The van der Waals surface area contributed by atoms with E-state index in [0.717, 1.165) is 38.6 Å². The predicted molar refractivity (Wildman–Crippen MR) is 145 cm³/mol. The van der Waals surface area contributed by atoms with Crippen LogP contribution in [0, 0.1) is 5.92 Å². The number of rotatable bonds is 7. The van der Waals surface area contributed by atoms with Crippen molar-refractivity contribution in [1.82, 2.24) is 24.4 Å². The number of aromatic nitrogens is 4. The Labute approximate surface area is 226 Å². The first-order valence-electron chi connectivity index (χ1n) is 14.1. The molecule has 0 spiro atoms. The van der Waals surface area contributed by atoms with Crippen LogP contribution in [0.5, 0.6) is 0 Å². The van der Waals surface area contributed by atoms with E-state index >= 15 is 0 Å². The quantitative estimate of drug-likeness (QED) is 0.450. The summed E-state index contributed by atoms with van der Waals surface area (Å²) in [6.07, 6.45) is 2.44. The van der Waals surface area contributed by atoms with E-state index in [4.69, 9.17) is 14.7 Å². The fourth-order valence-electron chi connectivity index (χ4n) is 6.24. The van der Waals surface area contributed by atoms with Crippen molar-refractivity contribution in [3.05, 3.63) is 36.2 Å². The summed E-state index contributed by atoms with van der Waals surface area (Å²) in [6, 6.07) is 9.34. The highest BCUT2D eigenvalue weighted by atomic mass is 19.3. The Morgan fingerprint density at radius 1 is 0.949 bits per heavy atom. The van der Waals surface area contributed by atoms with E-state index in [9.17, 15) is 13.2 Å². The molecule has 1 aromatic carbocycles. The molecular weight excluding hydrogens is 507 g/mol. The largest absolute Gasteiger partial charge is 0.378 e. The third-order valence-corrected chi connectivity index (χ3v) is 8.32. The summed E-state index contributed by atoms with van der Waals surface area (Å²) in [7, 11) is 0. The second-order valence-electron chi connectivity index (χ2n) is 10.9. The second kappa shape index (κ2) is 11.7. The molecule has 3 aromatic rings. The highest BCUT2D eigenvalue weighted by Crippen LogP contribution is 2.31. The maximum Gasteiger partial charge on any atom is 0.296 e. The lowest BCUT2D eigenvalue weighted by Crippen LogP contribution is -2.45. The summed E-state index contributed by atoms with van der Waals surface area (Å²) in [4.78, 5) is 18.1. The minimum absolute atomic E-state index is 0.333. The first-order valence-corrected chi connectivity index (χ1v) is 14.1. The smallest absolute Gasteiger partial charge is 0.296 e. The number of nitrogens with zero attached hydrogens (tertiary/aromatic N) is 6. The monoisotopic (exact) mass is 543 g/mol. The number of hydrogen-bond donors (Lipinski definition) is 1. The summed E-state index contributed by atoms with van der Waals surface area (Å²) < 4.78 is 49.0. The van der Waals surface area contributed by atoms with E-state index in [1.165, 1.54) is 4.57 Å². The highest BCUT2D eigenvalue weighted by Gasteiger charge is 2.30. The molecule has 6 rings (SSSR count). The zero-order valence-corrected chi connectivity index (χ0v) is 22.1. The maximum atomic E-state index is 14.1. The van der Waals surface area contributed by atoms with Crippen molar-refractivity contribution in [3.8, 4) is 5.82 Å². The summed E-state index contributed by atoms with van der Waals surface area (Å²) in [5, 5.41) is 3.42. The molecule has 1 aliphatic carbocycles. The lowest BCUT2D eigenvalue weighted by molar-refractivity contribution is 0.0723. The molecule has 1 N–H and O–H groups in total. The topological polar surface area (TPSA) is 71.3 Å². The lowest BCUT2D eigenvalue weighted by Gasteiger charge is -2.39. The van der Waals surface area contributed by atoms with Gasteiger partial charge in [-0.25, -0.2) is 18.2 Å². The molecule has 0 radical (unpaired) electrons. The molecule has 3 fully saturated rings. The molecule has 0 amide bonds. The number of piperidine rings is 1. The number of morpholine rings is 1. The normalized spacial score (nSPS) is 24.9. The summed E-state index contributed by atoms with van der Waals surface area (Å²) in [5.41, 5.74) is 1.08. The van der Waals surface area contributed by atoms with Gasteiger partial charge in [-0.3, -0.25) is 9.47 Å². The fourth-order valence-corrected chi connectivity index (χ4v) is 6.24. The molecule has 1 atom stereocenters. The van der Waals surface area contributed by atoms with Crippen molar-refractivity contribution in [2.75, 3.05) is 56.2 Å². The van der Waals surface area contributed by atoms with Gasteiger partial charge in [0.2, 0.25) is 5.95 Å². The Morgan fingerprint density at radius 3 is 2.49 bits per heavy atom. The van der Waals surface area contributed by atoms with E-state index in [1.807, 2.05) is 6.07 Å². The third kappa shape index (κ3) is 5.84. The average molecular weight is 544 g/mol. The molecule has 11 heteroatoms. The van der Waals surface area contributed by atoms with Crippen molar-refractivity contribution in [1.29, 1.82) is 0 Å². The van der Waals surface area contributed by atoms with Gasteiger partial charge in [0.05, 0.1) is 24.2 Å². The van der Waals surface area contributed by atoms with Crippen LogP contribution in [-0.2, 0) is 4.74 Å². The Hall–Kier alpha value is -2.92. The average Bonchev–Trinajstić information content (AvgIpc) is 3.37. The molecular formula is C28H36F3N7O. The number of benzene rings is 1. The number of halogens is 3. The Balaban J connectivity index is 1.22. The van der Waals surface area contributed by atoms with Gasteiger partial charge in [0.1, 0.15) is 17.8 Å². The van der Waals surface area contributed by atoms with Crippen LogP contribution >= 0.6 is 0 Å². The zero-order chi connectivity index (χ0) is 26.8. The van der Waals surface area contributed by atoms with Crippen LogP contribution in [0.25, 0.3) is 16.9 Å². The lowest BCUT2D eigenvalue weighted by atomic mass is 9.84. The standard InChI is InChI=1S/C28H36F3N7O/c29-20-4-3-11-37(18-20)21-9-7-19(8-10-21)17-32-28-34-24(36-12-14-39-15-13-36)16-25(35-28)38-23-6-2-1-5-22(23)33-27(38)26(30)31/h1-2,5-6,16,19-21,26H,3-4,7-15,17-18H2,(H,32,34,35)/t19-,20?,21+. The molecule has 0 bridgehead atoms. The molecule has 210 valence electrons. The van der Waals surface area contributed by atoms with Gasteiger partial charge in [-0.2, -0.15) is 9.97 Å². The Kier molecular flexibility index (Phi) is 7.87. The first kappa shape index (κ1) is 26.3. The SMILES string of the molecule is FC1CCCN([C@H]2CC[C@@H](CNc3nc(N4CCOCC4)cc(-n4c(C(F)F)nc5ccccc54)n3)CC2)C1. The van der Waals surface area contributed by atoms with Crippen LogP contribution in [0.15, 0.2) is 30.3 Å². The zero-order valence-electron chi connectivity index (χ0n) is 22.1. The second-order valence-corrected chi connectivity index (χ2v) is 10.9. The van der Waals surface area contributed by atoms with Crippen molar-refractivity contribution in [2.45, 2.75) is 57.2 Å². The van der Waals surface area contributed by atoms with Crippen LogP contribution < -0.4 is 10.2 Å². The van der Waals surface area contributed by atoms with Crippen LogP contribution in [-0.4, -0.2) is 82.6 Å². The molecule has 8 nitrogen and oxygen atoms in total. The summed E-state index contributed by atoms with van der Waals surface area (Å²) in [6.45, 7) is 4.79. The predicted octanol–water partition coefficient (Wildman–Crippen LogP) is 4.99. The number of ether oxygens (including phenoxy) is 1. The molecule has 2 saturated heterocycles. The summed E-state index contributed by atoms with van der Waals surface area (Å²) in [5.74, 6) is 1.59. The van der Waals surface area contributed by atoms with Crippen LogP contribution in [0.1, 0.15) is 50.8 Å². The van der Waals surface area contributed by atoms with Crippen molar-refractivity contribution in [3.63, 3.8) is 0 Å².